The van der Waals surface area contributed by atoms with E-state index in [0.29, 0.717) is 5.56 Å². The molecule has 0 atom stereocenters. The first-order valence-corrected chi connectivity index (χ1v) is 6.43. The highest BCUT2D eigenvalue weighted by Gasteiger charge is 2.12. The molecule has 0 bridgehead atoms. The van der Waals surface area contributed by atoms with Gasteiger partial charge in [0.15, 0.2) is 0 Å². The Bertz CT molecular complexity index is 414. The van der Waals surface area contributed by atoms with Crippen LogP contribution in [0, 0.1) is 0 Å². The quantitative estimate of drug-likeness (QED) is 0.864. The predicted molar refractivity (Wildman–Crippen MR) is 72.3 cm³/mol. The van der Waals surface area contributed by atoms with Gasteiger partial charge in [-0.1, -0.05) is 6.07 Å². The summed E-state index contributed by atoms with van der Waals surface area (Å²) >= 11 is 0. The Labute approximate surface area is 108 Å². The summed E-state index contributed by atoms with van der Waals surface area (Å²) in [6.07, 6.45) is 2.61. The van der Waals surface area contributed by atoms with E-state index in [1.54, 1.807) is 18.2 Å². The molecule has 0 unspecified atom stereocenters. The van der Waals surface area contributed by atoms with Gasteiger partial charge in [0.2, 0.25) is 0 Å². The van der Waals surface area contributed by atoms with Crippen molar-refractivity contribution < 1.29 is 9.90 Å². The number of carboxylic acid groups (broad SMARTS) is 1. The van der Waals surface area contributed by atoms with Crippen LogP contribution in [0.2, 0.25) is 0 Å². The number of carboxylic acids is 1. The Morgan fingerprint density at radius 2 is 2.11 bits per heavy atom. The molecule has 1 aliphatic heterocycles. The van der Waals surface area contributed by atoms with Crippen LogP contribution in [-0.4, -0.2) is 49.2 Å². The highest BCUT2D eigenvalue weighted by Crippen LogP contribution is 2.15. The molecular weight excluding hydrogens is 228 g/mol. The van der Waals surface area contributed by atoms with Crippen LogP contribution in [0.15, 0.2) is 24.3 Å². The minimum Gasteiger partial charge on any atom is -0.478 e. The standard InChI is InChI=1S/C14H20N2O2/c1-15(9-10-16-7-2-3-8-16)13-6-4-5-12(11-13)14(17)18/h4-6,11H,2-3,7-10H2,1H3,(H,17,18). The van der Waals surface area contributed by atoms with E-state index in [4.69, 9.17) is 5.11 Å². The second-order valence-corrected chi connectivity index (χ2v) is 4.83. The molecule has 1 aromatic carbocycles. The van der Waals surface area contributed by atoms with Gasteiger partial charge >= 0.3 is 5.97 Å². The molecule has 1 saturated heterocycles. The molecule has 0 aliphatic carbocycles. The summed E-state index contributed by atoms with van der Waals surface area (Å²) in [4.78, 5) is 15.5. The zero-order valence-corrected chi connectivity index (χ0v) is 10.8. The van der Waals surface area contributed by atoms with Crippen molar-refractivity contribution in [1.82, 2.24) is 4.90 Å². The van der Waals surface area contributed by atoms with E-state index in [9.17, 15) is 4.79 Å². The molecule has 1 N–H and O–H groups in total. The average Bonchev–Trinajstić information content (AvgIpc) is 2.89. The lowest BCUT2D eigenvalue weighted by Crippen LogP contribution is -2.31. The van der Waals surface area contributed by atoms with E-state index in [-0.39, 0.29) is 0 Å². The van der Waals surface area contributed by atoms with Gasteiger partial charge in [0.05, 0.1) is 5.56 Å². The van der Waals surface area contributed by atoms with Gasteiger partial charge in [-0.2, -0.15) is 0 Å². The number of nitrogens with zero attached hydrogens (tertiary/aromatic N) is 2. The summed E-state index contributed by atoms with van der Waals surface area (Å²) in [5.74, 6) is -0.871. The molecule has 18 heavy (non-hydrogen) atoms. The molecule has 1 fully saturated rings. The fraction of sp³-hybridized carbons (Fsp3) is 0.500. The van der Waals surface area contributed by atoms with Crippen molar-refractivity contribution in [3.63, 3.8) is 0 Å². The highest BCUT2D eigenvalue weighted by atomic mass is 16.4. The summed E-state index contributed by atoms with van der Waals surface area (Å²) in [6.45, 7) is 4.38. The van der Waals surface area contributed by atoms with Crippen LogP contribution in [0.5, 0.6) is 0 Å². The average molecular weight is 248 g/mol. The molecular formula is C14H20N2O2. The number of likely N-dealkylation sites (tertiary alicyclic amines) is 1. The van der Waals surface area contributed by atoms with Crippen LogP contribution in [-0.2, 0) is 0 Å². The van der Waals surface area contributed by atoms with E-state index in [2.05, 4.69) is 9.80 Å². The van der Waals surface area contributed by atoms with Crippen LogP contribution in [0.4, 0.5) is 5.69 Å². The molecule has 0 spiro atoms. The number of hydrogen-bond donors (Lipinski definition) is 1. The third kappa shape index (κ3) is 3.23. The monoisotopic (exact) mass is 248 g/mol. The largest absolute Gasteiger partial charge is 0.478 e. The number of hydrogen-bond acceptors (Lipinski definition) is 3. The molecule has 2 rings (SSSR count). The minimum absolute atomic E-state index is 0.348. The Balaban J connectivity index is 1.93. The van der Waals surface area contributed by atoms with Gasteiger partial charge in [0.25, 0.3) is 0 Å². The van der Waals surface area contributed by atoms with Gasteiger partial charge in [-0.25, -0.2) is 4.79 Å². The number of aromatic carboxylic acids is 1. The molecule has 0 amide bonds. The lowest BCUT2D eigenvalue weighted by Gasteiger charge is -2.23. The van der Waals surface area contributed by atoms with Crippen LogP contribution in [0.1, 0.15) is 23.2 Å². The smallest absolute Gasteiger partial charge is 0.335 e. The summed E-state index contributed by atoms with van der Waals surface area (Å²) in [6, 6.07) is 7.11. The second kappa shape index (κ2) is 5.87. The van der Waals surface area contributed by atoms with Crippen molar-refractivity contribution in [2.24, 2.45) is 0 Å². The van der Waals surface area contributed by atoms with Gasteiger partial charge in [0, 0.05) is 25.8 Å². The Morgan fingerprint density at radius 3 is 2.78 bits per heavy atom. The summed E-state index contributed by atoms with van der Waals surface area (Å²) < 4.78 is 0. The molecule has 4 nitrogen and oxygen atoms in total. The van der Waals surface area contributed by atoms with Crippen molar-refractivity contribution in [3.8, 4) is 0 Å². The summed E-state index contributed by atoms with van der Waals surface area (Å²) in [5, 5.41) is 8.97. The zero-order chi connectivity index (χ0) is 13.0. The van der Waals surface area contributed by atoms with E-state index < -0.39 is 5.97 Å². The maximum absolute atomic E-state index is 10.9. The molecule has 1 aliphatic rings. The molecule has 98 valence electrons. The highest BCUT2D eigenvalue weighted by molar-refractivity contribution is 5.88. The number of benzene rings is 1. The predicted octanol–water partition coefficient (Wildman–Crippen LogP) is 1.92. The molecule has 0 radical (unpaired) electrons. The maximum atomic E-state index is 10.9. The first kappa shape index (κ1) is 12.9. The normalized spacial score (nSPS) is 15.8. The fourth-order valence-electron chi connectivity index (χ4n) is 2.30. The van der Waals surface area contributed by atoms with E-state index in [1.165, 1.54) is 25.9 Å². The maximum Gasteiger partial charge on any atom is 0.335 e. The van der Waals surface area contributed by atoms with Crippen molar-refractivity contribution in [3.05, 3.63) is 29.8 Å². The first-order chi connectivity index (χ1) is 8.66. The van der Waals surface area contributed by atoms with Gasteiger partial charge < -0.3 is 14.9 Å². The number of carbonyl (C=O) groups is 1. The second-order valence-electron chi connectivity index (χ2n) is 4.83. The van der Waals surface area contributed by atoms with E-state index in [1.807, 2.05) is 13.1 Å². The van der Waals surface area contributed by atoms with Crippen molar-refractivity contribution in [1.29, 1.82) is 0 Å². The molecule has 0 aromatic heterocycles. The first-order valence-electron chi connectivity index (χ1n) is 6.43. The van der Waals surface area contributed by atoms with Gasteiger partial charge in [-0.3, -0.25) is 0 Å². The fourth-order valence-corrected chi connectivity index (χ4v) is 2.30. The number of rotatable bonds is 5. The van der Waals surface area contributed by atoms with Crippen LogP contribution >= 0.6 is 0 Å². The van der Waals surface area contributed by atoms with Crippen molar-refractivity contribution in [2.75, 3.05) is 38.1 Å². The summed E-state index contributed by atoms with van der Waals surface area (Å²) in [7, 11) is 2.01. The van der Waals surface area contributed by atoms with Crippen LogP contribution < -0.4 is 4.90 Å². The SMILES string of the molecule is CN(CCN1CCCC1)c1cccc(C(=O)O)c1. The lowest BCUT2D eigenvalue weighted by molar-refractivity contribution is 0.0697. The van der Waals surface area contributed by atoms with Crippen LogP contribution in [0.25, 0.3) is 0 Å². The molecule has 0 saturated carbocycles. The third-order valence-corrected chi connectivity index (χ3v) is 3.48. The Hall–Kier alpha value is -1.55. The van der Waals surface area contributed by atoms with Crippen LogP contribution in [0.3, 0.4) is 0 Å². The minimum atomic E-state index is -0.871. The van der Waals surface area contributed by atoms with Gasteiger partial charge in [0.1, 0.15) is 0 Å². The lowest BCUT2D eigenvalue weighted by atomic mass is 10.2. The molecule has 1 heterocycles. The zero-order valence-electron chi connectivity index (χ0n) is 10.8. The number of likely N-dealkylation sites (N-methyl/N-ethyl adjacent to an activating group) is 1. The van der Waals surface area contributed by atoms with Crippen molar-refractivity contribution in [2.45, 2.75) is 12.8 Å². The summed E-state index contributed by atoms with van der Waals surface area (Å²) in [5.41, 5.74) is 1.31. The Kier molecular flexibility index (Phi) is 4.20. The molecule has 4 heteroatoms. The Morgan fingerprint density at radius 1 is 1.39 bits per heavy atom. The van der Waals surface area contributed by atoms with Gasteiger partial charge in [-0.05, 0) is 44.1 Å². The molecule has 1 aromatic rings. The number of anilines is 1. The van der Waals surface area contributed by atoms with E-state index >= 15 is 0 Å². The topological polar surface area (TPSA) is 43.8 Å². The van der Waals surface area contributed by atoms with Gasteiger partial charge in [-0.15, -0.1) is 0 Å². The van der Waals surface area contributed by atoms with E-state index in [0.717, 1.165) is 18.8 Å². The van der Waals surface area contributed by atoms with Crippen molar-refractivity contribution >= 4 is 11.7 Å². The third-order valence-electron chi connectivity index (χ3n) is 3.48.